The summed E-state index contributed by atoms with van der Waals surface area (Å²) in [4.78, 5) is 0. The largest absolute Gasteiger partial charge is 0.467 e. The number of hydrogen-bond acceptors (Lipinski definition) is 3. The lowest BCUT2D eigenvalue weighted by Gasteiger charge is -2.05. The van der Waals surface area contributed by atoms with Crippen LogP contribution in [0.4, 0.5) is 0 Å². The van der Waals surface area contributed by atoms with Gasteiger partial charge in [-0.1, -0.05) is 31.2 Å². The molecule has 1 aromatic carbocycles. The SMILES string of the molecule is CCNCCc1ccc(COCc2ccco2)cc1. The molecule has 102 valence electrons. The maximum atomic E-state index is 5.60. The van der Waals surface area contributed by atoms with Crippen molar-refractivity contribution >= 4 is 0 Å². The fourth-order valence-corrected chi connectivity index (χ4v) is 1.88. The molecule has 1 heterocycles. The van der Waals surface area contributed by atoms with Crippen molar-refractivity contribution in [2.75, 3.05) is 13.1 Å². The average molecular weight is 259 g/mol. The van der Waals surface area contributed by atoms with Crippen LogP contribution < -0.4 is 5.32 Å². The van der Waals surface area contributed by atoms with Crippen LogP contribution in [0.1, 0.15) is 23.8 Å². The average Bonchev–Trinajstić information content (AvgIpc) is 2.94. The van der Waals surface area contributed by atoms with Crippen LogP contribution in [-0.2, 0) is 24.4 Å². The number of nitrogens with one attached hydrogen (secondary N) is 1. The zero-order valence-corrected chi connectivity index (χ0v) is 11.4. The van der Waals surface area contributed by atoms with Crippen molar-refractivity contribution in [3.63, 3.8) is 0 Å². The topological polar surface area (TPSA) is 34.4 Å². The second kappa shape index (κ2) is 7.77. The van der Waals surface area contributed by atoms with Gasteiger partial charge in [-0.05, 0) is 42.8 Å². The number of hydrogen-bond donors (Lipinski definition) is 1. The van der Waals surface area contributed by atoms with Gasteiger partial charge in [-0.2, -0.15) is 0 Å². The Hall–Kier alpha value is -1.58. The summed E-state index contributed by atoms with van der Waals surface area (Å²) >= 11 is 0. The van der Waals surface area contributed by atoms with E-state index in [-0.39, 0.29) is 0 Å². The molecule has 0 bridgehead atoms. The first-order valence-corrected chi connectivity index (χ1v) is 6.77. The Labute approximate surface area is 114 Å². The van der Waals surface area contributed by atoms with Crippen molar-refractivity contribution in [3.8, 4) is 0 Å². The zero-order valence-electron chi connectivity index (χ0n) is 11.4. The second-order valence-electron chi connectivity index (χ2n) is 4.49. The van der Waals surface area contributed by atoms with Gasteiger partial charge in [0.1, 0.15) is 12.4 Å². The molecule has 19 heavy (non-hydrogen) atoms. The summed E-state index contributed by atoms with van der Waals surface area (Å²) in [6.07, 6.45) is 2.74. The fourth-order valence-electron chi connectivity index (χ4n) is 1.88. The van der Waals surface area contributed by atoms with Crippen molar-refractivity contribution in [3.05, 3.63) is 59.5 Å². The molecule has 0 spiro atoms. The van der Waals surface area contributed by atoms with Crippen molar-refractivity contribution in [2.45, 2.75) is 26.6 Å². The molecule has 2 rings (SSSR count). The first-order chi connectivity index (χ1) is 9.38. The quantitative estimate of drug-likeness (QED) is 0.739. The van der Waals surface area contributed by atoms with Crippen LogP contribution in [0.25, 0.3) is 0 Å². The molecule has 0 saturated carbocycles. The van der Waals surface area contributed by atoms with E-state index in [0.717, 1.165) is 25.3 Å². The van der Waals surface area contributed by atoms with E-state index in [2.05, 4.69) is 36.5 Å². The van der Waals surface area contributed by atoms with E-state index in [4.69, 9.17) is 9.15 Å². The Morgan fingerprint density at radius 2 is 1.84 bits per heavy atom. The predicted molar refractivity (Wildman–Crippen MR) is 75.9 cm³/mol. The van der Waals surface area contributed by atoms with Gasteiger partial charge in [-0.25, -0.2) is 0 Å². The normalized spacial score (nSPS) is 10.8. The maximum absolute atomic E-state index is 5.60. The monoisotopic (exact) mass is 259 g/mol. The third kappa shape index (κ3) is 4.89. The van der Waals surface area contributed by atoms with Gasteiger partial charge >= 0.3 is 0 Å². The van der Waals surface area contributed by atoms with Crippen molar-refractivity contribution < 1.29 is 9.15 Å². The summed E-state index contributed by atoms with van der Waals surface area (Å²) in [7, 11) is 0. The minimum atomic E-state index is 0.523. The molecule has 0 radical (unpaired) electrons. The second-order valence-corrected chi connectivity index (χ2v) is 4.49. The van der Waals surface area contributed by atoms with Gasteiger partial charge in [0, 0.05) is 0 Å². The van der Waals surface area contributed by atoms with E-state index in [9.17, 15) is 0 Å². The van der Waals surface area contributed by atoms with Crippen molar-refractivity contribution in [1.82, 2.24) is 5.32 Å². The zero-order chi connectivity index (χ0) is 13.3. The van der Waals surface area contributed by atoms with E-state index in [0.29, 0.717) is 13.2 Å². The van der Waals surface area contributed by atoms with E-state index >= 15 is 0 Å². The van der Waals surface area contributed by atoms with Gasteiger partial charge in [0.05, 0.1) is 12.9 Å². The molecule has 0 unspecified atom stereocenters. The Kier molecular flexibility index (Phi) is 5.66. The first-order valence-electron chi connectivity index (χ1n) is 6.77. The number of ether oxygens (including phenoxy) is 1. The highest BCUT2D eigenvalue weighted by Crippen LogP contribution is 2.08. The fraction of sp³-hybridized carbons (Fsp3) is 0.375. The Balaban J connectivity index is 1.72. The summed E-state index contributed by atoms with van der Waals surface area (Å²) in [5.74, 6) is 0.863. The lowest BCUT2D eigenvalue weighted by atomic mass is 10.1. The molecule has 1 aromatic heterocycles. The molecule has 3 heteroatoms. The van der Waals surface area contributed by atoms with E-state index in [1.54, 1.807) is 6.26 Å². The molecule has 0 saturated heterocycles. The van der Waals surface area contributed by atoms with Crippen LogP contribution in [0.5, 0.6) is 0 Å². The predicted octanol–water partition coefficient (Wildman–Crippen LogP) is 3.15. The highest BCUT2D eigenvalue weighted by molar-refractivity contribution is 5.22. The molecule has 0 aliphatic carbocycles. The van der Waals surface area contributed by atoms with Crippen molar-refractivity contribution in [2.24, 2.45) is 0 Å². The van der Waals surface area contributed by atoms with Gasteiger partial charge in [0.15, 0.2) is 0 Å². The Bertz CT molecular complexity index is 448. The van der Waals surface area contributed by atoms with Crippen LogP contribution >= 0.6 is 0 Å². The van der Waals surface area contributed by atoms with E-state index < -0.39 is 0 Å². The Morgan fingerprint density at radius 1 is 1.05 bits per heavy atom. The first kappa shape index (κ1) is 13.8. The molecule has 2 aromatic rings. The number of likely N-dealkylation sites (N-methyl/N-ethyl adjacent to an activating group) is 1. The highest BCUT2D eigenvalue weighted by atomic mass is 16.5. The molecule has 0 aliphatic rings. The van der Waals surface area contributed by atoms with E-state index in [1.807, 2.05) is 12.1 Å². The molecule has 1 N–H and O–H groups in total. The van der Waals surface area contributed by atoms with Crippen LogP contribution in [-0.4, -0.2) is 13.1 Å². The van der Waals surface area contributed by atoms with Gasteiger partial charge < -0.3 is 14.5 Å². The minimum Gasteiger partial charge on any atom is -0.467 e. The molecule has 0 amide bonds. The van der Waals surface area contributed by atoms with Gasteiger partial charge in [-0.3, -0.25) is 0 Å². The van der Waals surface area contributed by atoms with Gasteiger partial charge in [0.2, 0.25) is 0 Å². The molecule has 3 nitrogen and oxygen atoms in total. The number of benzene rings is 1. The molecule has 0 aliphatic heterocycles. The molecule has 0 fully saturated rings. The van der Waals surface area contributed by atoms with E-state index in [1.165, 1.54) is 11.1 Å². The minimum absolute atomic E-state index is 0.523. The van der Waals surface area contributed by atoms with Crippen LogP contribution in [0.3, 0.4) is 0 Å². The maximum Gasteiger partial charge on any atom is 0.129 e. The lowest BCUT2D eigenvalue weighted by molar-refractivity contribution is 0.0929. The summed E-state index contributed by atoms with van der Waals surface area (Å²) in [6, 6.07) is 12.4. The highest BCUT2D eigenvalue weighted by Gasteiger charge is 1.98. The summed E-state index contributed by atoms with van der Waals surface area (Å²) < 4.78 is 10.8. The Morgan fingerprint density at radius 3 is 2.53 bits per heavy atom. The summed E-state index contributed by atoms with van der Waals surface area (Å²) in [5.41, 5.74) is 2.55. The third-order valence-corrected chi connectivity index (χ3v) is 2.96. The smallest absolute Gasteiger partial charge is 0.129 e. The van der Waals surface area contributed by atoms with Gasteiger partial charge in [-0.15, -0.1) is 0 Å². The molecular formula is C16H21NO2. The molecule has 0 atom stereocenters. The molecular weight excluding hydrogens is 238 g/mol. The van der Waals surface area contributed by atoms with Gasteiger partial charge in [0.25, 0.3) is 0 Å². The van der Waals surface area contributed by atoms with Crippen LogP contribution in [0.2, 0.25) is 0 Å². The standard InChI is InChI=1S/C16H21NO2/c1-2-17-10-9-14-5-7-15(8-6-14)12-18-13-16-4-3-11-19-16/h3-8,11,17H,2,9-10,12-13H2,1H3. The van der Waals surface area contributed by atoms with Crippen LogP contribution in [0, 0.1) is 0 Å². The summed E-state index contributed by atoms with van der Waals surface area (Å²) in [6.45, 7) is 5.33. The lowest BCUT2D eigenvalue weighted by Crippen LogP contribution is -2.15. The van der Waals surface area contributed by atoms with Crippen LogP contribution in [0.15, 0.2) is 47.1 Å². The number of furan rings is 1. The third-order valence-electron chi connectivity index (χ3n) is 2.96. The van der Waals surface area contributed by atoms with Crippen molar-refractivity contribution in [1.29, 1.82) is 0 Å². The number of rotatable bonds is 8. The summed E-state index contributed by atoms with van der Waals surface area (Å²) in [5, 5.41) is 3.33.